The summed E-state index contributed by atoms with van der Waals surface area (Å²) in [6, 6.07) is 15.0. The molecule has 0 saturated heterocycles. The molecule has 1 aliphatic rings. The number of hydrogen-bond donors (Lipinski definition) is 0. The van der Waals surface area contributed by atoms with Crippen molar-refractivity contribution in [3.8, 4) is 0 Å². The highest BCUT2D eigenvalue weighted by atomic mass is 32.2. The van der Waals surface area contributed by atoms with Crippen molar-refractivity contribution in [1.29, 1.82) is 0 Å². The summed E-state index contributed by atoms with van der Waals surface area (Å²) in [6.07, 6.45) is 2.98. The van der Waals surface area contributed by atoms with Crippen LogP contribution in [-0.2, 0) is 11.2 Å². The number of aromatic nitrogens is 2. The predicted molar refractivity (Wildman–Crippen MR) is 107 cm³/mol. The van der Waals surface area contributed by atoms with Crippen LogP contribution < -0.4 is 0 Å². The Hall–Kier alpha value is -2.41. The first-order chi connectivity index (χ1) is 13.6. The average molecular weight is 401 g/mol. The summed E-state index contributed by atoms with van der Waals surface area (Å²) in [5.74, 6) is -0.00911. The fourth-order valence-electron chi connectivity index (χ4n) is 3.85. The lowest BCUT2D eigenvalue weighted by atomic mass is 9.87. The van der Waals surface area contributed by atoms with Crippen LogP contribution in [0, 0.1) is 0 Å². The lowest BCUT2D eigenvalue weighted by Crippen LogP contribution is -2.34. The lowest BCUT2D eigenvalue weighted by Gasteiger charge is -2.33. The van der Waals surface area contributed by atoms with Crippen LogP contribution in [0.15, 0.2) is 53.7 Å². The van der Waals surface area contributed by atoms with Crippen molar-refractivity contribution in [3.05, 3.63) is 59.7 Å². The number of para-hydroxylation sites is 2. The molecule has 0 spiro atoms. The van der Waals surface area contributed by atoms with E-state index in [0.29, 0.717) is 11.0 Å². The molecule has 0 N–H and O–H groups in total. The molecule has 1 aliphatic carbocycles. The van der Waals surface area contributed by atoms with Crippen LogP contribution >= 0.6 is 11.8 Å². The zero-order chi connectivity index (χ0) is 19.7. The van der Waals surface area contributed by atoms with Gasteiger partial charge in [-0.05, 0) is 42.5 Å². The molecule has 0 saturated carbocycles. The molecule has 4 nitrogen and oxygen atoms in total. The van der Waals surface area contributed by atoms with Gasteiger partial charge in [0, 0.05) is 7.05 Å². The molecular weight excluding hydrogens is 380 g/mol. The maximum absolute atomic E-state index is 13.5. The fraction of sp³-hybridized carbons (Fsp3) is 0.333. The summed E-state index contributed by atoms with van der Waals surface area (Å²) in [5.41, 5.74) is 3.36. The van der Waals surface area contributed by atoms with Crippen LogP contribution in [0.4, 0.5) is 8.78 Å². The summed E-state index contributed by atoms with van der Waals surface area (Å²) in [4.78, 5) is 18.8. The van der Waals surface area contributed by atoms with Gasteiger partial charge in [0.25, 0.3) is 0 Å². The number of amides is 1. The minimum atomic E-state index is -2.70. The van der Waals surface area contributed by atoms with Crippen molar-refractivity contribution >= 4 is 28.7 Å². The number of alkyl halides is 2. The van der Waals surface area contributed by atoms with Crippen LogP contribution in [0.1, 0.15) is 36.6 Å². The number of carbonyl (C=O) groups excluding carboxylic acids is 1. The van der Waals surface area contributed by atoms with Gasteiger partial charge in [0.15, 0.2) is 5.16 Å². The van der Waals surface area contributed by atoms with Gasteiger partial charge < -0.3 is 4.90 Å². The van der Waals surface area contributed by atoms with Gasteiger partial charge in [0.2, 0.25) is 5.91 Å². The number of hydrogen-bond acceptors (Lipinski definition) is 3. The van der Waals surface area contributed by atoms with Crippen molar-refractivity contribution in [2.24, 2.45) is 0 Å². The molecule has 1 heterocycles. The Kier molecular flexibility index (Phi) is 5.35. The van der Waals surface area contributed by atoms with Crippen molar-refractivity contribution in [2.45, 2.75) is 37.0 Å². The van der Waals surface area contributed by atoms with E-state index in [1.165, 1.54) is 11.1 Å². The van der Waals surface area contributed by atoms with E-state index in [9.17, 15) is 13.6 Å². The number of benzene rings is 2. The van der Waals surface area contributed by atoms with Gasteiger partial charge in [-0.25, -0.2) is 4.98 Å². The third-order valence-corrected chi connectivity index (χ3v) is 6.22. The third-order valence-electron chi connectivity index (χ3n) is 5.28. The largest absolute Gasteiger partial charge is 0.338 e. The third kappa shape index (κ3) is 3.51. The zero-order valence-electron chi connectivity index (χ0n) is 15.5. The number of imidazole rings is 1. The van der Waals surface area contributed by atoms with Crippen molar-refractivity contribution in [3.63, 3.8) is 0 Å². The molecule has 0 bridgehead atoms. The van der Waals surface area contributed by atoms with Crippen molar-refractivity contribution in [1.82, 2.24) is 14.5 Å². The Morgan fingerprint density at radius 1 is 1.25 bits per heavy atom. The Balaban J connectivity index is 1.51. The first-order valence-electron chi connectivity index (χ1n) is 9.27. The van der Waals surface area contributed by atoms with E-state index in [4.69, 9.17) is 0 Å². The number of thioether (sulfide) groups is 1. The summed E-state index contributed by atoms with van der Waals surface area (Å²) in [7, 11) is 1.80. The minimum Gasteiger partial charge on any atom is -0.338 e. The molecule has 1 amide bonds. The van der Waals surface area contributed by atoms with Crippen LogP contribution in [0.3, 0.4) is 0 Å². The van der Waals surface area contributed by atoms with Crippen molar-refractivity contribution < 1.29 is 13.6 Å². The van der Waals surface area contributed by atoms with E-state index in [2.05, 4.69) is 17.1 Å². The summed E-state index contributed by atoms with van der Waals surface area (Å²) >= 11 is 1.06. The summed E-state index contributed by atoms with van der Waals surface area (Å²) in [5, 5.41) is 0.169. The zero-order valence-corrected chi connectivity index (χ0v) is 16.3. The number of aryl methyl sites for hydroxylation is 1. The highest BCUT2D eigenvalue weighted by Crippen LogP contribution is 2.34. The molecule has 146 valence electrons. The molecule has 0 fully saturated rings. The van der Waals surface area contributed by atoms with E-state index >= 15 is 0 Å². The highest BCUT2D eigenvalue weighted by molar-refractivity contribution is 7.99. The number of nitrogens with zero attached hydrogens (tertiary/aromatic N) is 3. The molecule has 3 aromatic rings. The fourth-order valence-corrected chi connectivity index (χ4v) is 4.78. The Bertz CT molecular complexity index is 1000. The molecular formula is C21H21F2N3OS. The van der Waals surface area contributed by atoms with Gasteiger partial charge in [-0.1, -0.05) is 48.2 Å². The van der Waals surface area contributed by atoms with Gasteiger partial charge in [-0.15, -0.1) is 0 Å². The minimum absolute atomic E-state index is 0.0342. The van der Waals surface area contributed by atoms with Crippen LogP contribution in [0.25, 0.3) is 11.0 Å². The number of rotatable bonds is 5. The van der Waals surface area contributed by atoms with Crippen LogP contribution in [0.5, 0.6) is 0 Å². The quantitative estimate of drug-likeness (QED) is 0.561. The maximum Gasteiger partial charge on any atom is 0.321 e. The molecule has 7 heteroatoms. The Labute approximate surface area is 166 Å². The first kappa shape index (κ1) is 18.9. The Morgan fingerprint density at radius 2 is 2.00 bits per heavy atom. The maximum atomic E-state index is 13.5. The van der Waals surface area contributed by atoms with Gasteiger partial charge in [-0.2, -0.15) is 8.78 Å². The van der Waals surface area contributed by atoms with Crippen LogP contribution in [-0.4, -0.2) is 33.2 Å². The lowest BCUT2D eigenvalue weighted by molar-refractivity contribution is -0.129. The molecule has 0 radical (unpaired) electrons. The van der Waals surface area contributed by atoms with E-state index in [1.807, 2.05) is 12.1 Å². The standard InChI is InChI=1S/C21H21F2N3OS/c1-25(17-12-6-8-14-7-2-3-9-15(14)17)19(27)13-28-21-24-16-10-4-5-11-18(16)26(21)20(22)23/h2-5,7,9-11,17,20H,6,8,12-13H2,1H3/t17-/m0/s1. The normalized spacial score (nSPS) is 16.4. The van der Waals surface area contributed by atoms with Gasteiger partial charge in [-0.3, -0.25) is 9.36 Å². The van der Waals surface area contributed by atoms with Gasteiger partial charge in [0.05, 0.1) is 22.8 Å². The number of halogens is 2. The summed E-state index contributed by atoms with van der Waals surface area (Å²) < 4.78 is 28.0. The van der Waals surface area contributed by atoms with E-state index < -0.39 is 6.55 Å². The van der Waals surface area contributed by atoms with Gasteiger partial charge >= 0.3 is 6.55 Å². The second-order valence-corrected chi connectivity index (χ2v) is 7.87. The second kappa shape index (κ2) is 7.91. The van der Waals surface area contributed by atoms with Crippen LogP contribution in [0.2, 0.25) is 0 Å². The first-order valence-corrected chi connectivity index (χ1v) is 10.3. The number of carbonyl (C=O) groups is 1. The second-order valence-electron chi connectivity index (χ2n) is 6.93. The number of fused-ring (bicyclic) bond motifs is 2. The molecule has 4 rings (SSSR count). The average Bonchev–Trinajstić information content (AvgIpc) is 3.09. The molecule has 1 atom stereocenters. The van der Waals surface area contributed by atoms with E-state index in [1.54, 1.807) is 36.2 Å². The smallest absolute Gasteiger partial charge is 0.321 e. The molecule has 0 unspecified atom stereocenters. The van der Waals surface area contributed by atoms with E-state index in [-0.39, 0.29) is 22.9 Å². The van der Waals surface area contributed by atoms with Gasteiger partial charge in [0.1, 0.15) is 0 Å². The van der Waals surface area contributed by atoms with Crippen molar-refractivity contribution in [2.75, 3.05) is 12.8 Å². The topological polar surface area (TPSA) is 38.1 Å². The SMILES string of the molecule is CN(C(=O)CSc1nc2ccccc2n1C(F)F)[C@H]1CCCc2ccccc21. The summed E-state index contributed by atoms with van der Waals surface area (Å²) in [6.45, 7) is -2.70. The molecule has 28 heavy (non-hydrogen) atoms. The predicted octanol–water partition coefficient (Wildman–Crippen LogP) is 5.06. The Morgan fingerprint density at radius 3 is 2.82 bits per heavy atom. The van der Waals surface area contributed by atoms with E-state index in [0.717, 1.165) is 35.6 Å². The molecule has 1 aromatic heterocycles. The molecule has 0 aliphatic heterocycles. The monoisotopic (exact) mass is 401 g/mol. The molecule has 2 aromatic carbocycles. The highest BCUT2D eigenvalue weighted by Gasteiger charge is 2.27.